The molecule has 0 saturated heterocycles. The first-order chi connectivity index (χ1) is 12.4. The van der Waals surface area contributed by atoms with Crippen molar-refractivity contribution in [2.24, 2.45) is 0 Å². The first kappa shape index (κ1) is 15.3. The topological polar surface area (TPSA) is 51.6 Å². The Morgan fingerprint density at radius 1 is 0.600 bits per heavy atom. The number of hydrogen-bond donors (Lipinski definition) is 0. The van der Waals surface area contributed by atoms with Gasteiger partial charge in [0.2, 0.25) is 0 Å². The third kappa shape index (κ3) is 3.49. The summed E-state index contributed by atoms with van der Waals surface area (Å²) in [5.74, 6) is 12.4. The molecule has 3 aromatic heterocycles. The number of fused-ring (bicyclic) bond motifs is 1. The van der Waals surface area contributed by atoms with Gasteiger partial charge in [-0.1, -0.05) is 0 Å². The molecule has 3 heterocycles. The second kappa shape index (κ2) is 7.11. The van der Waals surface area contributed by atoms with Gasteiger partial charge in [0, 0.05) is 0 Å². The molecule has 0 aliphatic rings. The maximum atomic E-state index is 4.52. The van der Waals surface area contributed by atoms with Crippen molar-refractivity contribution in [3.8, 4) is 23.7 Å². The Kier molecular flexibility index (Phi) is 4.35. The Balaban J connectivity index is 1.73. The normalized spacial score (nSPS) is 9.76. The van der Waals surface area contributed by atoms with Crippen LogP contribution in [0, 0.1) is 23.7 Å². The maximum absolute atomic E-state index is 4.52. The fourth-order valence-corrected chi connectivity index (χ4v) is 3.41. The fourth-order valence-electron chi connectivity index (χ4n) is 2.20. The molecule has 5 heteroatoms. The van der Waals surface area contributed by atoms with Gasteiger partial charge in [-0.15, -0.1) is 0 Å². The summed E-state index contributed by atoms with van der Waals surface area (Å²) in [6.07, 6.45) is 3.46. The monoisotopic (exact) mass is 386 g/mol. The van der Waals surface area contributed by atoms with E-state index in [1.54, 1.807) is 12.4 Å². The summed E-state index contributed by atoms with van der Waals surface area (Å²) in [5, 5.41) is 0. The molecule has 0 atom stereocenters. The molecule has 0 radical (unpaired) electrons. The Morgan fingerprint density at radius 3 is 1.56 bits per heavy atom. The molecule has 0 unspecified atom stereocenters. The van der Waals surface area contributed by atoms with Crippen LogP contribution in [0.1, 0.15) is 22.5 Å². The van der Waals surface area contributed by atoms with Crippen molar-refractivity contribution in [1.82, 2.24) is 17.9 Å². The van der Waals surface area contributed by atoms with Crippen molar-refractivity contribution in [3.05, 3.63) is 83.4 Å². The van der Waals surface area contributed by atoms with Crippen LogP contribution in [0.15, 0.2) is 60.9 Å². The van der Waals surface area contributed by atoms with Crippen LogP contribution in [0.25, 0.3) is 11.0 Å². The second-order valence-corrected chi connectivity index (χ2v) is 6.16. The van der Waals surface area contributed by atoms with Crippen molar-refractivity contribution in [2.75, 3.05) is 0 Å². The SMILES string of the molecule is C(#Cc1ccc(C#Cc2ccccn2)c2n[se]nc12)c1ccccn1. The molecule has 0 aliphatic heterocycles. The van der Waals surface area contributed by atoms with E-state index in [0.29, 0.717) is 0 Å². The molecule has 116 valence electrons. The average Bonchev–Trinajstić information content (AvgIpc) is 3.17. The molecule has 0 saturated carbocycles. The van der Waals surface area contributed by atoms with Gasteiger partial charge >= 0.3 is 151 Å². The summed E-state index contributed by atoms with van der Waals surface area (Å²) in [4.78, 5) is 8.43. The van der Waals surface area contributed by atoms with Crippen LogP contribution < -0.4 is 0 Å². The Morgan fingerprint density at radius 2 is 1.12 bits per heavy atom. The molecular weight excluding hydrogens is 375 g/mol. The van der Waals surface area contributed by atoms with Crippen molar-refractivity contribution >= 4 is 26.0 Å². The van der Waals surface area contributed by atoms with Gasteiger partial charge in [-0.3, -0.25) is 0 Å². The van der Waals surface area contributed by atoms with E-state index < -0.39 is 0 Å². The summed E-state index contributed by atoms with van der Waals surface area (Å²) in [7, 11) is 0. The van der Waals surface area contributed by atoms with Gasteiger partial charge in [0.1, 0.15) is 0 Å². The Bertz CT molecular complexity index is 1050. The molecular formula is C20H10N4Se. The van der Waals surface area contributed by atoms with Crippen LogP contribution in [0.3, 0.4) is 0 Å². The van der Waals surface area contributed by atoms with E-state index in [1.165, 1.54) is 0 Å². The molecule has 0 N–H and O–H groups in total. The third-order valence-electron chi connectivity index (χ3n) is 3.40. The minimum atomic E-state index is -0.146. The molecule has 1 aromatic carbocycles. The number of benzene rings is 1. The number of hydrogen-bond acceptors (Lipinski definition) is 4. The van der Waals surface area contributed by atoms with Crippen molar-refractivity contribution in [3.63, 3.8) is 0 Å². The van der Waals surface area contributed by atoms with Gasteiger partial charge in [0.05, 0.1) is 0 Å². The van der Waals surface area contributed by atoms with Gasteiger partial charge in [0.15, 0.2) is 0 Å². The summed E-state index contributed by atoms with van der Waals surface area (Å²) in [6, 6.07) is 15.2. The molecule has 0 aliphatic carbocycles. The molecule has 4 aromatic rings. The van der Waals surface area contributed by atoms with Crippen LogP contribution in [0.2, 0.25) is 0 Å². The van der Waals surface area contributed by atoms with E-state index in [4.69, 9.17) is 0 Å². The first-order valence-corrected chi connectivity index (χ1v) is 9.05. The predicted octanol–water partition coefficient (Wildman–Crippen LogP) is 2.28. The van der Waals surface area contributed by atoms with Gasteiger partial charge in [0.25, 0.3) is 0 Å². The number of pyridine rings is 2. The Hall–Kier alpha value is -3.24. The van der Waals surface area contributed by atoms with Crippen LogP contribution in [0.5, 0.6) is 0 Å². The average molecular weight is 385 g/mol. The van der Waals surface area contributed by atoms with Crippen LogP contribution in [0.4, 0.5) is 0 Å². The zero-order valence-electron chi connectivity index (χ0n) is 13.0. The van der Waals surface area contributed by atoms with Gasteiger partial charge < -0.3 is 0 Å². The van der Waals surface area contributed by atoms with E-state index in [1.807, 2.05) is 48.5 Å². The minimum absolute atomic E-state index is 0.146. The van der Waals surface area contributed by atoms with Crippen molar-refractivity contribution in [1.29, 1.82) is 0 Å². The number of rotatable bonds is 0. The summed E-state index contributed by atoms with van der Waals surface area (Å²) < 4.78 is 9.03. The van der Waals surface area contributed by atoms with E-state index in [9.17, 15) is 0 Å². The van der Waals surface area contributed by atoms with E-state index in [2.05, 4.69) is 41.6 Å². The Labute approximate surface area is 151 Å². The van der Waals surface area contributed by atoms with Crippen molar-refractivity contribution < 1.29 is 0 Å². The zero-order valence-corrected chi connectivity index (χ0v) is 14.7. The number of nitrogens with zero attached hydrogens (tertiary/aromatic N) is 4. The molecule has 0 spiro atoms. The summed E-state index contributed by atoms with van der Waals surface area (Å²) in [6.45, 7) is 0. The van der Waals surface area contributed by atoms with Gasteiger partial charge in [-0.05, 0) is 0 Å². The van der Waals surface area contributed by atoms with E-state index in [-0.39, 0.29) is 15.0 Å². The third-order valence-corrected chi connectivity index (χ3v) is 4.50. The first-order valence-electron chi connectivity index (χ1n) is 7.51. The molecule has 25 heavy (non-hydrogen) atoms. The van der Waals surface area contributed by atoms with E-state index >= 15 is 0 Å². The molecule has 0 amide bonds. The zero-order chi connectivity index (χ0) is 16.9. The van der Waals surface area contributed by atoms with E-state index in [0.717, 1.165) is 33.5 Å². The standard InChI is InChI=1S/C20H10N4Se/c1-3-13-21-17(5-1)11-9-15-7-8-16(20-19(15)23-25-24-20)10-12-18-6-2-4-14-22-18/h1-8,13-14H. The summed E-state index contributed by atoms with van der Waals surface area (Å²) >= 11 is -0.146. The molecule has 4 nitrogen and oxygen atoms in total. The quantitative estimate of drug-likeness (QED) is 0.344. The van der Waals surface area contributed by atoms with Crippen molar-refractivity contribution in [2.45, 2.75) is 0 Å². The molecule has 0 fully saturated rings. The van der Waals surface area contributed by atoms with Crippen LogP contribution in [-0.2, 0) is 0 Å². The fraction of sp³-hybridized carbons (Fsp3) is 0. The van der Waals surface area contributed by atoms with Gasteiger partial charge in [-0.25, -0.2) is 0 Å². The van der Waals surface area contributed by atoms with Crippen LogP contribution in [-0.4, -0.2) is 32.9 Å². The second-order valence-electron chi connectivity index (χ2n) is 5.05. The number of aromatic nitrogens is 4. The summed E-state index contributed by atoms with van der Waals surface area (Å²) in [5.41, 5.74) is 4.83. The molecule has 0 bridgehead atoms. The predicted molar refractivity (Wildman–Crippen MR) is 96.9 cm³/mol. The van der Waals surface area contributed by atoms with Gasteiger partial charge in [-0.2, -0.15) is 0 Å². The van der Waals surface area contributed by atoms with Crippen LogP contribution >= 0.6 is 0 Å². The molecule has 4 rings (SSSR count).